The lowest BCUT2D eigenvalue weighted by molar-refractivity contribution is -0.120. The minimum Gasteiger partial charge on any atom is -0.359 e. The molecule has 1 amide bonds. The predicted molar refractivity (Wildman–Crippen MR) is 90.0 cm³/mol. The number of rotatable bonds is 4. The van der Waals surface area contributed by atoms with Crippen LogP contribution in [0.2, 0.25) is 0 Å². The predicted octanol–water partition coefficient (Wildman–Crippen LogP) is 3.35. The highest BCUT2D eigenvalue weighted by atomic mass is 32.1. The molecule has 0 saturated carbocycles. The summed E-state index contributed by atoms with van der Waals surface area (Å²) in [5, 5.41) is 5.79. The summed E-state index contributed by atoms with van der Waals surface area (Å²) in [6, 6.07) is 8.22. The molecule has 2 heterocycles. The number of carbonyl (C=O) groups excluding carboxylic acids is 1. The molecule has 1 N–H and O–H groups in total. The maximum Gasteiger partial charge on any atom is 0.220 e. The molecular weight excluding hydrogens is 294 g/mol. The summed E-state index contributed by atoms with van der Waals surface area (Å²) < 4.78 is 0. The molecule has 0 saturated heterocycles. The molecule has 4 nitrogen and oxygen atoms in total. The van der Waals surface area contributed by atoms with Crippen molar-refractivity contribution in [3.05, 3.63) is 46.3 Å². The Labute approximate surface area is 133 Å². The van der Waals surface area contributed by atoms with Gasteiger partial charge >= 0.3 is 0 Å². The van der Waals surface area contributed by atoms with Gasteiger partial charge in [-0.2, -0.15) is 0 Å². The first-order chi connectivity index (χ1) is 10.7. The Morgan fingerprint density at radius 1 is 1.32 bits per heavy atom. The number of hydrogen-bond donors (Lipinski definition) is 1. The van der Waals surface area contributed by atoms with Crippen molar-refractivity contribution in [2.24, 2.45) is 0 Å². The van der Waals surface area contributed by atoms with Gasteiger partial charge in [-0.05, 0) is 30.5 Å². The fourth-order valence-corrected chi connectivity index (χ4v) is 3.07. The topological polar surface area (TPSA) is 54.9 Å². The molecule has 0 aliphatic rings. The van der Waals surface area contributed by atoms with Gasteiger partial charge in [0.1, 0.15) is 0 Å². The van der Waals surface area contributed by atoms with Crippen molar-refractivity contribution in [2.45, 2.75) is 19.8 Å². The van der Waals surface area contributed by atoms with E-state index in [9.17, 15) is 4.79 Å². The monoisotopic (exact) mass is 311 g/mol. The molecular formula is C17H17N3OS. The van der Waals surface area contributed by atoms with Crippen LogP contribution >= 0.6 is 11.3 Å². The first-order valence-corrected chi connectivity index (χ1v) is 8.11. The van der Waals surface area contributed by atoms with Crippen LogP contribution in [0.4, 0.5) is 0 Å². The summed E-state index contributed by atoms with van der Waals surface area (Å²) in [6.45, 7) is 2.09. The van der Waals surface area contributed by atoms with E-state index in [-0.39, 0.29) is 5.91 Å². The third-order valence-electron chi connectivity index (χ3n) is 3.72. The van der Waals surface area contributed by atoms with Gasteiger partial charge in [-0.25, -0.2) is 9.97 Å². The molecule has 0 fully saturated rings. The molecule has 0 aliphatic carbocycles. The molecule has 0 radical (unpaired) electrons. The number of fused-ring (bicyclic) bond motifs is 1. The van der Waals surface area contributed by atoms with E-state index in [2.05, 4.69) is 29.4 Å². The third kappa shape index (κ3) is 2.85. The van der Waals surface area contributed by atoms with Crippen molar-refractivity contribution in [1.82, 2.24) is 15.3 Å². The number of nitrogens with zero attached hydrogens (tertiary/aromatic N) is 2. The van der Waals surface area contributed by atoms with Gasteiger partial charge < -0.3 is 5.32 Å². The maximum atomic E-state index is 11.5. The van der Waals surface area contributed by atoms with Gasteiger partial charge in [-0.1, -0.05) is 18.2 Å². The molecule has 0 spiro atoms. The minimum atomic E-state index is 0.0457. The zero-order chi connectivity index (χ0) is 15.5. The lowest BCUT2D eigenvalue weighted by atomic mass is 10.0. The van der Waals surface area contributed by atoms with E-state index in [1.807, 2.05) is 23.0 Å². The zero-order valence-corrected chi connectivity index (χ0v) is 13.4. The fourth-order valence-electron chi connectivity index (χ4n) is 2.52. The smallest absolute Gasteiger partial charge is 0.220 e. The van der Waals surface area contributed by atoms with Gasteiger partial charge in [0, 0.05) is 24.2 Å². The van der Waals surface area contributed by atoms with Crippen LogP contribution in [-0.2, 0) is 11.2 Å². The Bertz CT molecular complexity index is 812. The fraction of sp³-hybridized carbons (Fsp3) is 0.235. The number of para-hydroxylation sites is 1. The molecule has 3 rings (SSSR count). The Balaban J connectivity index is 2.07. The lowest BCUT2D eigenvalue weighted by Gasteiger charge is -2.09. The van der Waals surface area contributed by atoms with Crippen LogP contribution in [0.25, 0.3) is 22.3 Å². The number of hydrogen-bond acceptors (Lipinski definition) is 4. The molecule has 1 aromatic carbocycles. The highest BCUT2D eigenvalue weighted by Crippen LogP contribution is 2.26. The number of carbonyl (C=O) groups is 1. The quantitative estimate of drug-likeness (QED) is 0.804. The van der Waals surface area contributed by atoms with Crippen LogP contribution < -0.4 is 5.32 Å². The summed E-state index contributed by atoms with van der Waals surface area (Å²) in [6.07, 6.45) is 1.15. The van der Waals surface area contributed by atoms with Crippen LogP contribution in [0.5, 0.6) is 0 Å². The SMILES string of the molecule is CNC(=O)CCc1cccc2c(C)cc(-c3cscn3)nc12. The number of nitrogens with one attached hydrogen (secondary N) is 1. The number of thiazole rings is 1. The number of aromatic nitrogens is 2. The summed E-state index contributed by atoms with van der Waals surface area (Å²) in [7, 11) is 1.66. The molecule has 0 aliphatic heterocycles. The van der Waals surface area contributed by atoms with E-state index in [0.717, 1.165) is 27.9 Å². The van der Waals surface area contributed by atoms with Crippen LogP contribution in [0.3, 0.4) is 0 Å². The van der Waals surface area contributed by atoms with Crippen LogP contribution in [0, 0.1) is 6.92 Å². The van der Waals surface area contributed by atoms with Crippen molar-refractivity contribution in [2.75, 3.05) is 7.05 Å². The first-order valence-electron chi connectivity index (χ1n) is 7.17. The second kappa shape index (κ2) is 6.23. The largest absolute Gasteiger partial charge is 0.359 e. The van der Waals surface area contributed by atoms with Gasteiger partial charge in [-0.3, -0.25) is 4.79 Å². The third-order valence-corrected chi connectivity index (χ3v) is 4.31. The molecule has 112 valence electrons. The van der Waals surface area contributed by atoms with Crippen molar-refractivity contribution >= 4 is 28.1 Å². The molecule has 3 aromatic rings. The second-order valence-corrected chi connectivity index (χ2v) is 5.90. The number of aryl methyl sites for hydroxylation is 2. The lowest BCUT2D eigenvalue weighted by Crippen LogP contribution is -2.18. The number of benzene rings is 1. The Hall–Kier alpha value is -2.27. The summed E-state index contributed by atoms with van der Waals surface area (Å²) in [5.74, 6) is 0.0457. The van der Waals surface area contributed by atoms with Gasteiger partial charge in [0.15, 0.2) is 0 Å². The number of pyridine rings is 1. The van der Waals surface area contributed by atoms with Crippen LogP contribution in [-0.4, -0.2) is 22.9 Å². The van der Waals surface area contributed by atoms with E-state index >= 15 is 0 Å². The highest BCUT2D eigenvalue weighted by molar-refractivity contribution is 7.07. The van der Waals surface area contributed by atoms with Gasteiger partial charge in [-0.15, -0.1) is 11.3 Å². The summed E-state index contributed by atoms with van der Waals surface area (Å²) in [5.41, 5.74) is 6.84. The second-order valence-electron chi connectivity index (χ2n) is 5.18. The molecule has 22 heavy (non-hydrogen) atoms. The minimum absolute atomic E-state index is 0.0457. The average molecular weight is 311 g/mol. The van der Waals surface area contributed by atoms with E-state index < -0.39 is 0 Å². The maximum absolute atomic E-state index is 11.5. The van der Waals surface area contributed by atoms with Crippen molar-refractivity contribution < 1.29 is 4.79 Å². The van der Waals surface area contributed by atoms with Gasteiger partial charge in [0.2, 0.25) is 5.91 Å². The Morgan fingerprint density at radius 2 is 2.18 bits per heavy atom. The van der Waals surface area contributed by atoms with E-state index in [4.69, 9.17) is 4.98 Å². The van der Waals surface area contributed by atoms with E-state index in [1.54, 1.807) is 18.4 Å². The Kier molecular flexibility index (Phi) is 4.15. The van der Waals surface area contributed by atoms with E-state index in [1.165, 1.54) is 5.56 Å². The first kappa shape index (κ1) is 14.7. The van der Waals surface area contributed by atoms with E-state index in [0.29, 0.717) is 12.8 Å². The average Bonchev–Trinajstić information content (AvgIpc) is 3.07. The highest BCUT2D eigenvalue weighted by Gasteiger charge is 2.10. The normalized spacial score (nSPS) is 10.8. The van der Waals surface area contributed by atoms with Crippen LogP contribution in [0.1, 0.15) is 17.5 Å². The Morgan fingerprint density at radius 3 is 2.91 bits per heavy atom. The molecule has 2 aromatic heterocycles. The standard InChI is InChI=1S/C17H17N3OS/c1-11-8-14(15-9-22-10-19-15)20-17-12(4-3-5-13(11)17)6-7-16(21)18-2/h3-5,8-10H,6-7H2,1-2H3,(H,18,21). The number of amides is 1. The summed E-state index contributed by atoms with van der Waals surface area (Å²) >= 11 is 1.56. The van der Waals surface area contributed by atoms with Crippen molar-refractivity contribution in [3.8, 4) is 11.4 Å². The molecule has 0 unspecified atom stereocenters. The van der Waals surface area contributed by atoms with Crippen molar-refractivity contribution in [1.29, 1.82) is 0 Å². The van der Waals surface area contributed by atoms with Crippen LogP contribution in [0.15, 0.2) is 35.2 Å². The van der Waals surface area contributed by atoms with Gasteiger partial charge in [0.25, 0.3) is 0 Å². The molecule has 0 atom stereocenters. The van der Waals surface area contributed by atoms with Gasteiger partial charge in [0.05, 0.1) is 22.4 Å². The summed E-state index contributed by atoms with van der Waals surface area (Å²) in [4.78, 5) is 20.6. The molecule has 5 heteroatoms. The molecule has 0 bridgehead atoms. The zero-order valence-electron chi connectivity index (χ0n) is 12.6. The van der Waals surface area contributed by atoms with Crippen molar-refractivity contribution in [3.63, 3.8) is 0 Å².